The molecule has 2 saturated carbocycles. The molecule has 2 aliphatic carbocycles. The van der Waals surface area contributed by atoms with Crippen molar-refractivity contribution in [1.29, 1.82) is 0 Å². The van der Waals surface area contributed by atoms with Crippen molar-refractivity contribution in [3.63, 3.8) is 0 Å². The van der Waals surface area contributed by atoms with E-state index in [4.69, 9.17) is 46.0 Å². The van der Waals surface area contributed by atoms with Crippen LogP contribution in [0.2, 0.25) is 5.15 Å². The molecule has 516 valence electrons. The number of aromatic nitrogens is 10. The zero-order valence-electron chi connectivity index (χ0n) is 53.4. The monoisotopic (exact) mass is 1520 g/mol. The molecule has 2 fully saturated rings. The maximum Gasteiger partial charge on any atom is 0.365 e. The van der Waals surface area contributed by atoms with Crippen LogP contribution < -0.4 is 19.9 Å². The van der Waals surface area contributed by atoms with E-state index in [1.807, 2.05) is 173 Å². The third-order valence-electron chi connectivity index (χ3n) is 13.2. The smallest absolute Gasteiger partial charge is 0.365 e. The number of aliphatic hydroxyl groups excluding tert-OH is 1. The molecule has 4 atom stereocenters. The lowest BCUT2D eigenvalue weighted by atomic mass is 10.1. The molecule has 5 aromatic heterocycles. The van der Waals surface area contributed by atoms with Crippen LogP contribution in [0.15, 0.2) is 140 Å². The number of hydrogen-bond acceptors (Lipinski definition) is 18. The van der Waals surface area contributed by atoms with Crippen LogP contribution in [0.4, 0.5) is 0 Å². The summed E-state index contributed by atoms with van der Waals surface area (Å²) in [5.74, 6) is 6.56. The van der Waals surface area contributed by atoms with Crippen LogP contribution >= 0.6 is 97.4 Å². The lowest BCUT2D eigenvalue weighted by Gasteiger charge is -2.15. The van der Waals surface area contributed by atoms with Crippen molar-refractivity contribution in [2.45, 2.75) is 161 Å². The number of nitrogens with zero attached hydrogens (tertiary/aromatic N) is 11. The number of aryl methyl sites for hydroxylation is 8. The molecule has 95 heavy (non-hydrogen) atoms. The number of halogens is 3. The first-order valence-corrected chi connectivity index (χ1v) is 30.6. The molecule has 3 N–H and O–H groups in total. The van der Waals surface area contributed by atoms with Gasteiger partial charge in [0.05, 0.1) is 11.7 Å². The van der Waals surface area contributed by atoms with Crippen LogP contribution in [0.5, 0.6) is 17.6 Å². The zero-order chi connectivity index (χ0) is 63.6. The van der Waals surface area contributed by atoms with E-state index in [1.54, 1.807) is 31.2 Å². The minimum atomic E-state index is -0.532. The molecule has 0 spiro atoms. The Hall–Kier alpha value is -6.71. The Kier molecular flexibility index (Phi) is 39.7. The molecule has 9 aromatic rings. The lowest BCUT2D eigenvalue weighted by Crippen LogP contribution is -2.15. The number of amidine groups is 1. The maximum absolute atomic E-state index is 12.0. The molecule has 11 rings (SSSR count). The Bertz CT molecular complexity index is 3670. The van der Waals surface area contributed by atoms with Gasteiger partial charge in [0, 0.05) is 67.3 Å². The summed E-state index contributed by atoms with van der Waals surface area (Å²) in [6.45, 7) is 22.7. The second kappa shape index (κ2) is 42.8. The first-order valence-electron chi connectivity index (χ1n) is 28.7. The lowest BCUT2D eigenvalue weighted by molar-refractivity contribution is 0.0514. The minimum absolute atomic E-state index is 0. The van der Waals surface area contributed by atoms with Gasteiger partial charge < -0.3 is 34.4 Å². The predicted molar refractivity (Wildman–Crippen MR) is 407 cm³/mol. The summed E-state index contributed by atoms with van der Waals surface area (Å²) in [4.78, 5) is 54.9. The molecule has 2 aliphatic rings. The number of carbonyl (C=O) groups excluding carboxylic acids is 1. The summed E-state index contributed by atoms with van der Waals surface area (Å²) in [5.41, 5.74) is 14.6. The minimum Gasteiger partial charge on any atom is -0.470 e. The van der Waals surface area contributed by atoms with Crippen molar-refractivity contribution in [3.8, 4) is 29.1 Å². The molecule has 0 amide bonds. The van der Waals surface area contributed by atoms with Gasteiger partial charge >= 0.3 is 5.97 Å². The number of oxime groups is 1. The average Bonchev–Trinajstić information content (AvgIpc) is 1.73. The molecule has 19 nitrogen and oxygen atoms in total. The van der Waals surface area contributed by atoms with Crippen molar-refractivity contribution in [1.82, 2.24) is 50.0 Å². The summed E-state index contributed by atoms with van der Waals surface area (Å²) in [7, 11) is 0. The van der Waals surface area contributed by atoms with E-state index in [0.29, 0.717) is 57.6 Å². The highest BCUT2D eigenvalue weighted by Crippen LogP contribution is 2.39. The third kappa shape index (κ3) is 30.1. The number of benzene rings is 4. The highest BCUT2D eigenvalue weighted by atomic mass is 79.9. The fourth-order valence-electron chi connectivity index (χ4n) is 8.37. The van der Waals surface area contributed by atoms with Crippen LogP contribution in [0.3, 0.4) is 0 Å². The molecule has 0 saturated heterocycles. The summed E-state index contributed by atoms with van der Waals surface area (Å²) in [6.07, 6.45) is 3.59. The van der Waals surface area contributed by atoms with Gasteiger partial charge in [0.2, 0.25) is 17.6 Å². The van der Waals surface area contributed by atoms with Crippen molar-refractivity contribution in [3.05, 3.63) is 215 Å². The van der Waals surface area contributed by atoms with E-state index < -0.39 is 5.97 Å². The number of carbonyl (C=O) groups is 1. The van der Waals surface area contributed by atoms with E-state index in [1.165, 1.54) is 0 Å². The van der Waals surface area contributed by atoms with E-state index >= 15 is 0 Å². The summed E-state index contributed by atoms with van der Waals surface area (Å²) < 4.78 is 25.1. The summed E-state index contributed by atoms with van der Waals surface area (Å²) in [5, 5.41) is 17.4. The van der Waals surface area contributed by atoms with Crippen molar-refractivity contribution in [2.75, 3.05) is 0 Å². The van der Waals surface area contributed by atoms with Gasteiger partial charge in [0.15, 0.2) is 5.82 Å². The van der Waals surface area contributed by atoms with E-state index in [0.717, 1.165) is 103 Å². The van der Waals surface area contributed by atoms with Gasteiger partial charge in [-0.25, -0.2) is 29.7 Å². The van der Waals surface area contributed by atoms with Gasteiger partial charge in [0.25, 0.3) is 5.89 Å². The molecular weight excluding hydrogens is 1430 g/mol. The van der Waals surface area contributed by atoms with Crippen LogP contribution in [0.1, 0.15) is 191 Å². The van der Waals surface area contributed by atoms with Crippen LogP contribution in [0.25, 0.3) is 11.5 Å². The Labute approximate surface area is 610 Å². The van der Waals surface area contributed by atoms with Gasteiger partial charge in [-0.2, -0.15) is 73.9 Å². The van der Waals surface area contributed by atoms with Gasteiger partial charge in [-0.05, 0) is 186 Å². The summed E-state index contributed by atoms with van der Waals surface area (Å²) in [6, 6.07) is 37.9. The topological polar surface area (TPSA) is 255 Å². The Morgan fingerprint density at radius 2 is 0.884 bits per heavy atom. The second-order valence-corrected chi connectivity index (χ2v) is 23.5. The van der Waals surface area contributed by atoms with E-state index in [-0.39, 0.29) is 107 Å². The number of hydrogen-bond donors (Lipinski definition) is 2. The van der Waals surface area contributed by atoms with Crippen molar-refractivity contribution in [2.24, 2.45) is 16.8 Å². The Balaban J connectivity index is 0.00000120. The molecule has 4 aromatic carbocycles. The van der Waals surface area contributed by atoms with Gasteiger partial charge in [-0.1, -0.05) is 125 Å². The predicted octanol–water partition coefficient (Wildman–Crippen LogP) is 17.8. The van der Waals surface area contributed by atoms with Gasteiger partial charge in [-0.15, -0.1) is 0 Å². The highest BCUT2D eigenvalue weighted by Gasteiger charge is 2.29. The first kappa shape index (κ1) is 88.3. The Morgan fingerprint density at radius 3 is 1.23 bits per heavy atom. The van der Waals surface area contributed by atoms with E-state index in [2.05, 4.69) is 87.0 Å². The normalized spacial score (nSPS) is 12.8. The molecule has 0 unspecified atom stereocenters. The van der Waals surface area contributed by atoms with Crippen LogP contribution in [-0.2, 0) is 4.84 Å². The number of aliphatic hydroxyl groups is 1. The van der Waals surface area contributed by atoms with Crippen LogP contribution in [0, 0.1) is 61.3 Å². The van der Waals surface area contributed by atoms with Gasteiger partial charge in [-0.3, -0.25) is 0 Å². The fraction of sp³-hybridized carbons (Fsp3) is 0.362. The standard InChI is InChI=1S/C19H22N4O3.C19H20N4O2.C14H15BrN2O.C8H9BrO.C6H7ClN2.3CH4.4H2S/c1-11-10-17(22-13(3)21-11)25-12(2)14-4-8-16(9-5-14)19(24)26-23-18(20)15-6-7-15;1-11-10-17(21-13(3)20-11)24-12(2)14-4-8-16(9-5-14)19-22-18(23-25-19)15-6-7-15;1-9-8-14(17-11(3)16-9)18-10(2)12-4-6-13(15)7-5-12;1-6(10)7-2-4-8(9)5-3-7;1-4-3-6(7)9-5(2)8-4;;;;;;;/h4-5,8-10,12,15H,6-7H2,1-3H3,(H2,20,23);4-5,8-10,12,15H,6-7H2,1-3H3;4-8,10H,1-3H3;2-6,10H,1H3;3H,1-2H3;3*1H4;4*1H2/t2*12-;10-;6-;;;;;;;;/m0000......../s1. The molecule has 0 radical (unpaired) electrons. The second-order valence-electron chi connectivity index (χ2n) is 21.3. The van der Waals surface area contributed by atoms with Crippen molar-refractivity contribution < 1.29 is 33.5 Å². The number of ether oxygens (including phenoxy) is 3. The largest absolute Gasteiger partial charge is 0.470 e. The average molecular weight is 1530 g/mol. The molecule has 0 aliphatic heterocycles. The number of rotatable bonds is 15. The summed E-state index contributed by atoms with van der Waals surface area (Å²) >= 11 is 12.3. The number of nitrogens with two attached hydrogens (primary N) is 1. The van der Waals surface area contributed by atoms with Gasteiger partial charge in [0.1, 0.15) is 52.6 Å². The molecule has 0 bridgehead atoms. The third-order valence-corrected chi connectivity index (χ3v) is 14.5. The van der Waals surface area contributed by atoms with E-state index in [9.17, 15) is 4.79 Å². The molecular formula is C69H93Br2ClN12O7S4. The van der Waals surface area contributed by atoms with Crippen LogP contribution in [-0.4, -0.2) is 66.9 Å². The Morgan fingerprint density at radius 1 is 0.526 bits per heavy atom. The quantitative estimate of drug-likeness (QED) is 0.0318. The zero-order valence-corrected chi connectivity index (χ0v) is 61.3. The maximum atomic E-state index is 12.0. The molecule has 26 heteroatoms. The SMILES string of the molecule is C.C.C.C[C@H](O)c1ccc(Br)cc1.Cc1cc(Cl)nc(C)n1.Cc1cc(O[C@@H](C)c2ccc(-c3nc(C4CC4)no3)cc2)nc(C)n1.Cc1cc(O[C@@H](C)c2ccc(Br)cc2)nc(C)n1.Cc1cc(O[C@@H](C)c2ccc(C(=O)O/N=C(\N)C3CC3)cc2)nc(C)n1.S.S.S.S. The fourth-order valence-corrected chi connectivity index (χ4v) is 9.18. The highest BCUT2D eigenvalue weighted by molar-refractivity contribution is 9.10. The first-order chi connectivity index (χ1) is 41.9. The molecule has 5 heterocycles. The van der Waals surface area contributed by atoms with Crippen molar-refractivity contribution >= 4 is 109 Å².